The molecule has 2 aromatic carbocycles. The summed E-state index contributed by atoms with van der Waals surface area (Å²) >= 11 is 0. The van der Waals surface area contributed by atoms with Crippen LogP contribution in [0.5, 0.6) is 0 Å². The lowest BCUT2D eigenvalue weighted by Gasteiger charge is -2.20. The number of H-pyrrole nitrogens is 1. The Labute approximate surface area is 178 Å². The van der Waals surface area contributed by atoms with Crippen molar-refractivity contribution in [2.24, 2.45) is 0 Å². The van der Waals surface area contributed by atoms with Crippen LogP contribution in [0.4, 0.5) is 0 Å². The first-order chi connectivity index (χ1) is 15.1. The molecule has 0 bridgehead atoms. The van der Waals surface area contributed by atoms with Gasteiger partial charge in [-0.05, 0) is 11.1 Å². The van der Waals surface area contributed by atoms with Crippen molar-refractivity contribution in [2.75, 3.05) is 6.61 Å². The van der Waals surface area contributed by atoms with Crippen molar-refractivity contribution in [3.8, 4) is 0 Å². The number of aromatic amines is 1. The van der Waals surface area contributed by atoms with Gasteiger partial charge >= 0.3 is 5.69 Å². The van der Waals surface area contributed by atoms with Gasteiger partial charge in [0.25, 0.3) is 5.56 Å². The molecule has 3 aromatic rings. The number of benzene rings is 2. The SMILES string of the molecule is O=c1[nH]c(=O)n([C@H]2C[C@@H](O)[C@@H](CO)O2)cc1COC(c1ccccc1)c1ccccc1. The van der Waals surface area contributed by atoms with Gasteiger partial charge in [0.05, 0.1) is 24.9 Å². The normalized spacial score (nSPS) is 20.9. The number of aliphatic hydroxyl groups is 2. The third-order valence-corrected chi connectivity index (χ3v) is 5.35. The van der Waals surface area contributed by atoms with E-state index in [2.05, 4.69) is 4.98 Å². The van der Waals surface area contributed by atoms with E-state index in [1.54, 1.807) is 0 Å². The highest BCUT2D eigenvalue weighted by atomic mass is 16.5. The van der Waals surface area contributed by atoms with Gasteiger partial charge in [-0.1, -0.05) is 60.7 Å². The van der Waals surface area contributed by atoms with Crippen molar-refractivity contribution >= 4 is 0 Å². The van der Waals surface area contributed by atoms with E-state index in [1.807, 2.05) is 60.7 Å². The third kappa shape index (κ3) is 4.67. The minimum absolute atomic E-state index is 0.0389. The van der Waals surface area contributed by atoms with Crippen molar-refractivity contribution in [3.63, 3.8) is 0 Å². The Morgan fingerprint density at radius 2 is 1.68 bits per heavy atom. The second kappa shape index (κ2) is 9.40. The van der Waals surface area contributed by atoms with Gasteiger partial charge in [0.2, 0.25) is 0 Å². The Morgan fingerprint density at radius 1 is 1.06 bits per heavy atom. The Morgan fingerprint density at radius 3 is 2.23 bits per heavy atom. The van der Waals surface area contributed by atoms with Gasteiger partial charge in [0.1, 0.15) is 18.4 Å². The molecule has 3 N–H and O–H groups in total. The monoisotopic (exact) mass is 424 g/mol. The lowest BCUT2D eigenvalue weighted by molar-refractivity contribution is -0.0461. The number of ether oxygens (including phenoxy) is 2. The molecule has 162 valence electrons. The summed E-state index contributed by atoms with van der Waals surface area (Å²) in [5.41, 5.74) is 0.936. The maximum Gasteiger partial charge on any atom is 0.330 e. The molecule has 0 amide bonds. The van der Waals surface area contributed by atoms with E-state index in [0.717, 1.165) is 11.1 Å². The number of aliphatic hydroxyl groups excluding tert-OH is 2. The molecule has 3 atom stereocenters. The topological polar surface area (TPSA) is 114 Å². The van der Waals surface area contributed by atoms with E-state index in [4.69, 9.17) is 9.47 Å². The Hall–Kier alpha value is -3.04. The van der Waals surface area contributed by atoms with E-state index in [9.17, 15) is 19.8 Å². The van der Waals surface area contributed by atoms with Crippen molar-refractivity contribution in [1.82, 2.24) is 9.55 Å². The minimum atomic E-state index is -0.894. The standard InChI is InChI=1S/C23H24N2O6/c26-13-19-18(27)11-20(31-19)25-12-17(22(28)24-23(25)29)14-30-21(15-7-3-1-4-8-15)16-9-5-2-6-10-16/h1-10,12,18-21,26-27H,11,13-14H2,(H,24,28,29)/t18-,19-,20-/m1/s1. The number of rotatable bonds is 7. The van der Waals surface area contributed by atoms with Crippen LogP contribution in [0.1, 0.15) is 35.4 Å². The van der Waals surface area contributed by atoms with E-state index in [1.165, 1.54) is 10.8 Å². The molecule has 1 aromatic heterocycles. The zero-order chi connectivity index (χ0) is 21.8. The Kier molecular flexibility index (Phi) is 6.43. The van der Waals surface area contributed by atoms with E-state index >= 15 is 0 Å². The van der Waals surface area contributed by atoms with Gasteiger partial charge in [-0.2, -0.15) is 0 Å². The first kappa shape index (κ1) is 21.2. The molecule has 1 saturated heterocycles. The fourth-order valence-corrected chi connectivity index (χ4v) is 3.71. The molecule has 0 unspecified atom stereocenters. The van der Waals surface area contributed by atoms with Crippen LogP contribution in [0.25, 0.3) is 0 Å². The molecule has 8 nitrogen and oxygen atoms in total. The fourth-order valence-electron chi connectivity index (χ4n) is 3.71. The zero-order valence-electron chi connectivity index (χ0n) is 16.8. The van der Waals surface area contributed by atoms with Crippen molar-refractivity contribution in [1.29, 1.82) is 0 Å². The molecule has 2 heterocycles. The minimum Gasteiger partial charge on any atom is -0.394 e. The quantitative estimate of drug-likeness (QED) is 0.530. The zero-order valence-corrected chi connectivity index (χ0v) is 16.8. The van der Waals surface area contributed by atoms with Crippen LogP contribution in [0, 0.1) is 0 Å². The third-order valence-electron chi connectivity index (χ3n) is 5.35. The summed E-state index contributed by atoms with van der Waals surface area (Å²) in [6.45, 7) is -0.398. The van der Waals surface area contributed by atoms with Gasteiger partial charge in [0.15, 0.2) is 0 Å². The molecule has 0 spiro atoms. The summed E-state index contributed by atoms with van der Waals surface area (Å²) in [4.78, 5) is 27.0. The molecule has 0 aliphatic carbocycles. The summed E-state index contributed by atoms with van der Waals surface area (Å²) in [5, 5.41) is 19.2. The van der Waals surface area contributed by atoms with Gasteiger partial charge in [-0.25, -0.2) is 4.79 Å². The number of hydrogen-bond acceptors (Lipinski definition) is 6. The summed E-state index contributed by atoms with van der Waals surface area (Å²) in [5.74, 6) is 0. The molecule has 0 saturated carbocycles. The highest BCUT2D eigenvalue weighted by Crippen LogP contribution is 2.28. The summed E-state index contributed by atoms with van der Waals surface area (Å²) in [7, 11) is 0. The Balaban J connectivity index is 1.60. The lowest BCUT2D eigenvalue weighted by Crippen LogP contribution is -2.34. The average molecular weight is 424 g/mol. The van der Waals surface area contributed by atoms with Crippen molar-refractivity contribution < 1.29 is 19.7 Å². The van der Waals surface area contributed by atoms with Crippen LogP contribution in [-0.2, 0) is 16.1 Å². The van der Waals surface area contributed by atoms with Crippen LogP contribution in [0.15, 0.2) is 76.4 Å². The van der Waals surface area contributed by atoms with Gasteiger partial charge in [-0.3, -0.25) is 14.3 Å². The highest BCUT2D eigenvalue weighted by molar-refractivity contribution is 5.30. The van der Waals surface area contributed by atoms with Gasteiger partial charge in [0, 0.05) is 12.6 Å². The smallest absolute Gasteiger partial charge is 0.330 e. The largest absolute Gasteiger partial charge is 0.394 e. The van der Waals surface area contributed by atoms with E-state index in [-0.39, 0.29) is 25.2 Å². The summed E-state index contributed by atoms with van der Waals surface area (Å²) < 4.78 is 12.9. The predicted molar refractivity (Wildman–Crippen MR) is 112 cm³/mol. The summed E-state index contributed by atoms with van der Waals surface area (Å²) in [6.07, 6.45) is -1.32. The molecular weight excluding hydrogens is 400 g/mol. The first-order valence-corrected chi connectivity index (χ1v) is 10.1. The molecule has 1 aliphatic heterocycles. The fraction of sp³-hybridized carbons (Fsp3) is 0.304. The second-order valence-electron chi connectivity index (χ2n) is 7.45. The molecule has 4 rings (SSSR count). The molecule has 31 heavy (non-hydrogen) atoms. The van der Waals surface area contributed by atoms with E-state index in [0.29, 0.717) is 0 Å². The molecule has 0 radical (unpaired) electrons. The maximum absolute atomic E-state index is 12.4. The highest BCUT2D eigenvalue weighted by Gasteiger charge is 2.35. The van der Waals surface area contributed by atoms with Crippen molar-refractivity contribution in [2.45, 2.75) is 37.6 Å². The van der Waals surface area contributed by atoms with Crippen LogP contribution in [0.2, 0.25) is 0 Å². The second-order valence-corrected chi connectivity index (χ2v) is 7.45. The number of nitrogens with zero attached hydrogens (tertiary/aromatic N) is 1. The molecule has 1 aliphatic rings. The van der Waals surface area contributed by atoms with Gasteiger partial charge < -0.3 is 19.7 Å². The molecular formula is C23H24N2O6. The predicted octanol–water partition coefficient (Wildman–Crippen LogP) is 1.48. The molecule has 1 fully saturated rings. The maximum atomic E-state index is 12.4. The average Bonchev–Trinajstić information content (AvgIpc) is 3.17. The molecule has 8 heteroatoms. The number of nitrogens with one attached hydrogen (secondary N) is 1. The lowest BCUT2D eigenvalue weighted by atomic mass is 10.0. The van der Waals surface area contributed by atoms with E-state index < -0.39 is 35.8 Å². The van der Waals surface area contributed by atoms with Crippen LogP contribution in [-0.4, -0.2) is 38.6 Å². The summed E-state index contributed by atoms with van der Waals surface area (Å²) in [6, 6.07) is 19.3. The van der Waals surface area contributed by atoms with Crippen LogP contribution in [0.3, 0.4) is 0 Å². The first-order valence-electron chi connectivity index (χ1n) is 10.1. The van der Waals surface area contributed by atoms with Gasteiger partial charge in [-0.15, -0.1) is 0 Å². The Bertz CT molecular complexity index is 1070. The van der Waals surface area contributed by atoms with Crippen molar-refractivity contribution in [3.05, 3.63) is 104 Å². The van der Waals surface area contributed by atoms with Crippen LogP contribution >= 0.6 is 0 Å². The van der Waals surface area contributed by atoms with Crippen LogP contribution < -0.4 is 11.2 Å². The number of aromatic nitrogens is 2. The number of hydrogen-bond donors (Lipinski definition) is 3.